The van der Waals surface area contributed by atoms with E-state index in [1.165, 1.54) is 10.7 Å². The van der Waals surface area contributed by atoms with E-state index in [0.29, 0.717) is 47.4 Å². The number of halogens is 1. The third kappa shape index (κ3) is 5.39. The van der Waals surface area contributed by atoms with Crippen molar-refractivity contribution in [2.45, 2.75) is 25.9 Å². The fraction of sp³-hybridized carbons (Fsp3) is 0.407. The summed E-state index contributed by atoms with van der Waals surface area (Å²) in [6, 6.07) is 7.50. The normalized spacial score (nSPS) is 17.9. The van der Waals surface area contributed by atoms with Crippen LogP contribution < -0.4 is 20.3 Å². The number of aromatic nitrogens is 4. The first-order chi connectivity index (χ1) is 18.2. The summed E-state index contributed by atoms with van der Waals surface area (Å²) in [5, 5.41) is 11.9. The summed E-state index contributed by atoms with van der Waals surface area (Å²) >= 11 is 0. The van der Waals surface area contributed by atoms with Gasteiger partial charge in [0, 0.05) is 73.3 Å². The van der Waals surface area contributed by atoms with Crippen LogP contribution in [0, 0.1) is 5.82 Å². The number of hydrogen-bond donors (Lipinski definition) is 2. The Morgan fingerprint density at radius 1 is 1.21 bits per heavy atom. The first-order valence-electron chi connectivity index (χ1n) is 12.7. The van der Waals surface area contributed by atoms with E-state index in [2.05, 4.69) is 44.4 Å². The number of fused-ring (bicyclic) bond motifs is 2. The van der Waals surface area contributed by atoms with Gasteiger partial charge in [-0.3, -0.25) is 9.48 Å². The number of ether oxygens (including phenoxy) is 1. The Labute approximate surface area is 220 Å². The molecule has 0 unspecified atom stereocenters. The lowest BCUT2D eigenvalue weighted by Gasteiger charge is -2.38. The molecule has 38 heavy (non-hydrogen) atoms. The second-order valence-electron chi connectivity index (χ2n) is 10.2. The average Bonchev–Trinajstić information content (AvgIpc) is 3.23. The molecule has 4 aromatic rings. The quantitative estimate of drug-likeness (QED) is 0.384. The number of carbonyl (C=O) groups is 1. The van der Waals surface area contributed by atoms with Crippen LogP contribution in [0.2, 0.25) is 0 Å². The van der Waals surface area contributed by atoms with Crippen LogP contribution in [-0.4, -0.2) is 83.0 Å². The van der Waals surface area contributed by atoms with Gasteiger partial charge in [-0.25, -0.2) is 9.37 Å². The molecule has 200 valence electrons. The van der Waals surface area contributed by atoms with Gasteiger partial charge in [0.1, 0.15) is 12.1 Å². The lowest BCUT2D eigenvalue weighted by atomic mass is 10.0. The molecule has 2 atom stereocenters. The Balaban J connectivity index is 1.52. The standard InChI is InChI=1S/C27H33FN8O2/c1-16-13-36(14-17(2)30-16)23-7-6-20(25-21(23)12-29-27(32-25)38-9-8-34(3)4)26(37)31-19-10-18-15-35(5)33-24(18)22(28)11-19/h6-7,10-12,15-17,30H,8-9,13-14H2,1-5H3,(H,31,37)/t16-,17-/m0/s1. The highest BCUT2D eigenvalue weighted by Crippen LogP contribution is 2.31. The number of rotatable bonds is 7. The summed E-state index contributed by atoms with van der Waals surface area (Å²) in [5.74, 6) is -0.899. The molecule has 1 aliphatic rings. The van der Waals surface area contributed by atoms with Crippen molar-refractivity contribution in [3.8, 4) is 6.01 Å². The van der Waals surface area contributed by atoms with Gasteiger partial charge in [0.25, 0.3) is 5.91 Å². The number of anilines is 2. The molecule has 10 nitrogen and oxygen atoms in total. The van der Waals surface area contributed by atoms with E-state index in [-0.39, 0.29) is 11.5 Å². The molecule has 1 amide bonds. The number of piperazine rings is 1. The Bertz CT molecular complexity index is 1480. The molecule has 3 heterocycles. The van der Waals surface area contributed by atoms with E-state index in [4.69, 9.17) is 4.74 Å². The molecule has 2 aromatic carbocycles. The molecular weight excluding hydrogens is 487 g/mol. The molecule has 1 fully saturated rings. The van der Waals surface area contributed by atoms with E-state index in [1.807, 2.05) is 25.1 Å². The molecule has 0 saturated carbocycles. The first kappa shape index (κ1) is 25.8. The third-order valence-corrected chi connectivity index (χ3v) is 6.55. The van der Waals surface area contributed by atoms with E-state index in [1.54, 1.807) is 31.6 Å². The number of likely N-dealkylation sites (N-methyl/N-ethyl adjacent to an activating group) is 1. The largest absolute Gasteiger partial charge is 0.462 e. The third-order valence-electron chi connectivity index (χ3n) is 6.55. The average molecular weight is 521 g/mol. The van der Waals surface area contributed by atoms with Crippen molar-refractivity contribution in [1.29, 1.82) is 0 Å². The first-order valence-corrected chi connectivity index (χ1v) is 12.7. The number of benzene rings is 2. The zero-order valence-electron chi connectivity index (χ0n) is 22.3. The highest BCUT2D eigenvalue weighted by atomic mass is 19.1. The molecular formula is C27H33FN8O2. The highest BCUT2D eigenvalue weighted by Gasteiger charge is 2.25. The van der Waals surface area contributed by atoms with Crippen molar-refractivity contribution < 1.29 is 13.9 Å². The Hall–Kier alpha value is -3.83. The Morgan fingerprint density at radius 3 is 2.71 bits per heavy atom. The van der Waals surface area contributed by atoms with E-state index in [0.717, 1.165) is 24.2 Å². The van der Waals surface area contributed by atoms with Crippen LogP contribution in [0.5, 0.6) is 6.01 Å². The van der Waals surface area contributed by atoms with Crippen molar-refractivity contribution in [3.05, 3.63) is 48.0 Å². The summed E-state index contributed by atoms with van der Waals surface area (Å²) in [7, 11) is 5.64. The lowest BCUT2D eigenvalue weighted by Crippen LogP contribution is -2.54. The molecule has 1 aliphatic heterocycles. The lowest BCUT2D eigenvalue weighted by molar-refractivity contribution is 0.102. The second-order valence-corrected chi connectivity index (χ2v) is 10.2. The van der Waals surface area contributed by atoms with Gasteiger partial charge in [0.2, 0.25) is 0 Å². The monoisotopic (exact) mass is 520 g/mol. The van der Waals surface area contributed by atoms with Gasteiger partial charge in [-0.1, -0.05) is 0 Å². The van der Waals surface area contributed by atoms with Gasteiger partial charge in [-0.05, 0) is 52.2 Å². The molecule has 0 radical (unpaired) electrons. The molecule has 2 aromatic heterocycles. The summed E-state index contributed by atoms with van der Waals surface area (Å²) in [6.07, 6.45) is 3.43. The summed E-state index contributed by atoms with van der Waals surface area (Å²) in [4.78, 5) is 26.9. The summed E-state index contributed by atoms with van der Waals surface area (Å²) in [6.45, 7) is 7.05. The minimum absolute atomic E-state index is 0.204. The molecule has 11 heteroatoms. The fourth-order valence-corrected chi connectivity index (χ4v) is 4.94. The zero-order valence-corrected chi connectivity index (χ0v) is 22.3. The van der Waals surface area contributed by atoms with Crippen LogP contribution in [0.3, 0.4) is 0 Å². The van der Waals surface area contributed by atoms with Crippen molar-refractivity contribution in [2.75, 3.05) is 50.6 Å². The number of carbonyl (C=O) groups excluding carboxylic acids is 1. The number of hydrogen-bond acceptors (Lipinski definition) is 8. The predicted molar refractivity (Wildman–Crippen MR) is 146 cm³/mol. The fourth-order valence-electron chi connectivity index (χ4n) is 4.94. The number of amides is 1. The molecule has 0 bridgehead atoms. The topological polar surface area (TPSA) is 100 Å². The number of nitrogens with zero attached hydrogens (tertiary/aromatic N) is 6. The maximum Gasteiger partial charge on any atom is 0.316 e. The van der Waals surface area contributed by atoms with Gasteiger partial charge in [0.05, 0.1) is 11.1 Å². The van der Waals surface area contributed by atoms with Crippen LogP contribution in [-0.2, 0) is 7.05 Å². The Morgan fingerprint density at radius 2 is 1.97 bits per heavy atom. The van der Waals surface area contributed by atoms with Crippen molar-refractivity contribution >= 4 is 39.1 Å². The summed E-state index contributed by atoms with van der Waals surface area (Å²) < 4.78 is 22.0. The molecule has 2 N–H and O–H groups in total. The highest BCUT2D eigenvalue weighted by molar-refractivity contribution is 6.14. The van der Waals surface area contributed by atoms with Crippen LogP contribution >= 0.6 is 0 Å². The second kappa shape index (κ2) is 10.5. The maximum absolute atomic E-state index is 14.6. The van der Waals surface area contributed by atoms with Gasteiger partial charge < -0.3 is 25.2 Å². The molecule has 1 saturated heterocycles. The van der Waals surface area contributed by atoms with Gasteiger partial charge >= 0.3 is 6.01 Å². The number of aryl methyl sites for hydroxylation is 1. The van der Waals surface area contributed by atoms with Crippen LogP contribution in [0.1, 0.15) is 24.2 Å². The van der Waals surface area contributed by atoms with Crippen LogP contribution in [0.15, 0.2) is 36.7 Å². The van der Waals surface area contributed by atoms with Gasteiger partial charge in [0.15, 0.2) is 5.82 Å². The van der Waals surface area contributed by atoms with Crippen molar-refractivity contribution in [3.63, 3.8) is 0 Å². The van der Waals surface area contributed by atoms with E-state index in [9.17, 15) is 9.18 Å². The molecule has 0 aliphatic carbocycles. The maximum atomic E-state index is 14.6. The van der Waals surface area contributed by atoms with Crippen LogP contribution in [0.25, 0.3) is 21.8 Å². The smallest absolute Gasteiger partial charge is 0.316 e. The minimum Gasteiger partial charge on any atom is -0.462 e. The van der Waals surface area contributed by atoms with Crippen LogP contribution in [0.4, 0.5) is 15.8 Å². The Kier molecular flexibility index (Phi) is 7.13. The van der Waals surface area contributed by atoms with Crippen molar-refractivity contribution in [2.24, 2.45) is 7.05 Å². The zero-order chi connectivity index (χ0) is 27.0. The van der Waals surface area contributed by atoms with Crippen molar-refractivity contribution in [1.82, 2.24) is 30.0 Å². The predicted octanol–water partition coefficient (Wildman–Crippen LogP) is 3.03. The summed E-state index contributed by atoms with van der Waals surface area (Å²) in [5.41, 5.74) is 2.39. The number of nitrogens with one attached hydrogen (secondary N) is 2. The van der Waals surface area contributed by atoms with E-state index >= 15 is 0 Å². The van der Waals surface area contributed by atoms with Gasteiger partial charge in [-0.2, -0.15) is 10.1 Å². The molecule has 0 spiro atoms. The minimum atomic E-state index is -0.501. The van der Waals surface area contributed by atoms with E-state index < -0.39 is 11.7 Å². The van der Waals surface area contributed by atoms with Gasteiger partial charge in [-0.15, -0.1) is 0 Å². The SMILES string of the molecule is C[C@H]1CN(c2ccc(C(=O)Nc3cc(F)c4nn(C)cc4c3)c3nc(OCCN(C)C)ncc23)C[C@H](C)N1. The molecule has 5 rings (SSSR count).